The number of benzene rings is 2. The molecule has 2 aromatic carbocycles. The van der Waals surface area contributed by atoms with Crippen molar-refractivity contribution in [3.8, 4) is 11.3 Å². The molecule has 0 spiro atoms. The molecular weight excluding hydrogens is 569 g/mol. The third-order valence-electron chi connectivity index (χ3n) is 6.53. The number of pyridine rings is 2. The number of hydrogen-bond acceptors (Lipinski definition) is 8. The molecule has 0 saturated carbocycles. The molecule has 9 nitrogen and oxygen atoms in total. The molecule has 0 atom stereocenters. The summed E-state index contributed by atoms with van der Waals surface area (Å²) >= 11 is 0. The van der Waals surface area contributed by atoms with Crippen LogP contribution < -0.4 is 16.0 Å². The Hall–Kier alpha value is -5.36. The van der Waals surface area contributed by atoms with Crippen LogP contribution >= 0.6 is 0 Å². The van der Waals surface area contributed by atoms with Crippen LogP contribution in [0.2, 0.25) is 0 Å². The number of carbonyl (C=O) groups excluding carboxylic acids is 1. The molecule has 12 heteroatoms. The van der Waals surface area contributed by atoms with Gasteiger partial charge in [-0.2, -0.15) is 13.2 Å². The lowest BCUT2D eigenvalue weighted by atomic mass is 10.1. The normalized spacial score (nSPS) is 11.3. The Labute approximate surface area is 252 Å². The number of carbonyl (C=O) groups is 1. The van der Waals surface area contributed by atoms with E-state index in [2.05, 4.69) is 40.8 Å². The number of aryl methyl sites for hydroxylation is 1. The van der Waals surface area contributed by atoms with E-state index < -0.39 is 17.6 Å². The van der Waals surface area contributed by atoms with Crippen LogP contribution in [0.3, 0.4) is 0 Å². The van der Waals surface area contributed by atoms with Gasteiger partial charge in [-0.05, 0) is 80.7 Å². The van der Waals surface area contributed by atoms with Crippen molar-refractivity contribution in [3.05, 3.63) is 114 Å². The van der Waals surface area contributed by atoms with Gasteiger partial charge in [0.2, 0.25) is 0 Å². The molecule has 5 rings (SSSR count). The number of alkyl halides is 3. The van der Waals surface area contributed by atoms with Crippen LogP contribution in [0, 0.1) is 6.92 Å². The van der Waals surface area contributed by atoms with Crippen molar-refractivity contribution >= 4 is 34.7 Å². The maximum atomic E-state index is 13.1. The van der Waals surface area contributed by atoms with Crippen molar-refractivity contribution in [2.75, 3.05) is 30.0 Å². The van der Waals surface area contributed by atoms with Crippen LogP contribution in [0.15, 0.2) is 91.5 Å². The van der Waals surface area contributed by atoms with E-state index in [1.807, 2.05) is 45.4 Å². The van der Waals surface area contributed by atoms with Gasteiger partial charge in [-0.3, -0.25) is 4.79 Å². The van der Waals surface area contributed by atoms with Crippen LogP contribution in [0.5, 0.6) is 0 Å². The average molecular weight is 599 g/mol. The lowest BCUT2D eigenvalue weighted by Gasteiger charge is -2.15. The van der Waals surface area contributed by atoms with Crippen molar-refractivity contribution in [3.63, 3.8) is 0 Å². The van der Waals surface area contributed by atoms with E-state index in [9.17, 15) is 18.0 Å². The van der Waals surface area contributed by atoms with E-state index in [-0.39, 0.29) is 5.56 Å². The summed E-state index contributed by atoms with van der Waals surface area (Å²) in [6, 6.07) is 18.8. The van der Waals surface area contributed by atoms with E-state index >= 15 is 0 Å². The first-order valence-corrected chi connectivity index (χ1v) is 13.6. The van der Waals surface area contributed by atoms with Crippen LogP contribution in [0.25, 0.3) is 11.3 Å². The van der Waals surface area contributed by atoms with Gasteiger partial charge in [-0.15, -0.1) is 0 Å². The Balaban J connectivity index is 1.34. The summed E-state index contributed by atoms with van der Waals surface area (Å²) in [6.07, 6.45) is 0.350. The summed E-state index contributed by atoms with van der Waals surface area (Å²) in [5.74, 6) is 1.04. The minimum Gasteiger partial charge on any atom is -0.339 e. The van der Waals surface area contributed by atoms with E-state index in [4.69, 9.17) is 0 Å². The number of halogens is 3. The second kappa shape index (κ2) is 12.9. The van der Waals surface area contributed by atoms with Gasteiger partial charge in [-0.25, -0.2) is 19.9 Å². The Bertz CT molecular complexity index is 1770. The summed E-state index contributed by atoms with van der Waals surface area (Å²) in [4.78, 5) is 32.6. The van der Waals surface area contributed by atoms with Crippen molar-refractivity contribution in [2.24, 2.45) is 0 Å². The van der Waals surface area contributed by atoms with E-state index in [0.29, 0.717) is 40.1 Å². The average Bonchev–Trinajstić information content (AvgIpc) is 2.99. The van der Waals surface area contributed by atoms with Crippen LogP contribution in [-0.4, -0.2) is 44.8 Å². The molecule has 0 fully saturated rings. The fourth-order valence-electron chi connectivity index (χ4n) is 4.37. The highest BCUT2D eigenvalue weighted by Crippen LogP contribution is 2.32. The molecule has 1 amide bonds. The number of hydrogen-bond donors (Lipinski definition) is 3. The molecule has 5 aromatic rings. The summed E-state index contributed by atoms with van der Waals surface area (Å²) < 4.78 is 39.4. The molecule has 3 heterocycles. The molecule has 44 heavy (non-hydrogen) atoms. The van der Waals surface area contributed by atoms with Gasteiger partial charge in [0.15, 0.2) is 0 Å². The van der Waals surface area contributed by atoms with Crippen molar-refractivity contribution in [1.29, 1.82) is 0 Å². The van der Waals surface area contributed by atoms with Crippen LogP contribution in [-0.2, 0) is 12.7 Å². The first-order valence-electron chi connectivity index (χ1n) is 13.6. The van der Waals surface area contributed by atoms with Gasteiger partial charge in [-0.1, -0.05) is 18.2 Å². The molecule has 224 valence electrons. The summed E-state index contributed by atoms with van der Waals surface area (Å²) in [5, 5.41) is 9.18. The summed E-state index contributed by atoms with van der Waals surface area (Å²) in [6.45, 7) is 2.67. The number of amides is 1. The smallest absolute Gasteiger partial charge is 0.339 e. The highest BCUT2D eigenvalue weighted by molar-refractivity contribution is 6.04. The van der Waals surface area contributed by atoms with Gasteiger partial charge >= 0.3 is 6.18 Å². The predicted molar refractivity (Wildman–Crippen MR) is 164 cm³/mol. The summed E-state index contributed by atoms with van der Waals surface area (Å²) in [5.41, 5.74) is 3.29. The molecule has 0 aliphatic heterocycles. The largest absolute Gasteiger partial charge is 0.416 e. The number of rotatable bonds is 9. The predicted octanol–water partition coefficient (Wildman–Crippen LogP) is 7.06. The molecular formula is C32H29F3N8O. The monoisotopic (exact) mass is 598 g/mol. The highest BCUT2D eigenvalue weighted by atomic mass is 19.4. The molecule has 0 aliphatic carbocycles. The minimum atomic E-state index is -4.55. The highest BCUT2D eigenvalue weighted by Gasteiger charge is 2.31. The van der Waals surface area contributed by atoms with Gasteiger partial charge in [0, 0.05) is 47.5 Å². The molecule has 3 N–H and O–H groups in total. The fourth-order valence-corrected chi connectivity index (χ4v) is 4.37. The molecule has 0 unspecified atom stereocenters. The van der Waals surface area contributed by atoms with Crippen molar-refractivity contribution < 1.29 is 18.0 Å². The lowest BCUT2D eigenvalue weighted by molar-refractivity contribution is -0.137. The Kier molecular flexibility index (Phi) is 8.81. The zero-order chi connectivity index (χ0) is 31.3. The van der Waals surface area contributed by atoms with E-state index in [1.54, 1.807) is 36.5 Å². The standard InChI is InChI=1S/C32H29F3N8O/c1-20-9-11-24(40-31(44)22-6-4-7-23(14-22)32(33,34)35)15-26(20)41-30-25(8-5-13-36-30)27-16-29(39-19-38-27)42-28-12-10-21(17-37-28)18-43(2)3/h4-17,19H,18H2,1-3H3,(H,36,41)(H,40,44)(H,37,38,39,42). The van der Waals surface area contributed by atoms with Gasteiger partial charge in [0.05, 0.1) is 11.3 Å². The molecule has 0 radical (unpaired) electrons. The third kappa shape index (κ3) is 7.53. The summed E-state index contributed by atoms with van der Waals surface area (Å²) in [7, 11) is 3.99. The van der Waals surface area contributed by atoms with Crippen molar-refractivity contribution in [2.45, 2.75) is 19.6 Å². The molecule has 0 bridgehead atoms. The van der Waals surface area contributed by atoms with Crippen molar-refractivity contribution in [1.82, 2.24) is 24.8 Å². The minimum absolute atomic E-state index is 0.102. The Morgan fingerprint density at radius 2 is 1.70 bits per heavy atom. The van der Waals surface area contributed by atoms with Crippen LogP contribution in [0.1, 0.15) is 27.0 Å². The topological polar surface area (TPSA) is 108 Å². The zero-order valence-corrected chi connectivity index (χ0v) is 24.1. The first-order chi connectivity index (χ1) is 21.0. The Morgan fingerprint density at radius 3 is 2.45 bits per heavy atom. The van der Waals surface area contributed by atoms with Gasteiger partial charge < -0.3 is 20.9 Å². The second-order valence-electron chi connectivity index (χ2n) is 10.3. The number of nitrogens with one attached hydrogen (secondary N) is 3. The zero-order valence-electron chi connectivity index (χ0n) is 24.1. The fraction of sp³-hybridized carbons (Fsp3) is 0.156. The second-order valence-corrected chi connectivity index (χ2v) is 10.3. The first kappa shape index (κ1) is 30.1. The number of nitrogens with zero attached hydrogens (tertiary/aromatic N) is 5. The van der Waals surface area contributed by atoms with E-state index in [1.165, 1.54) is 18.5 Å². The SMILES string of the molecule is Cc1ccc(NC(=O)c2cccc(C(F)(F)F)c2)cc1Nc1ncccc1-c1cc(Nc2ccc(CN(C)C)cn2)ncn1. The molecule has 0 saturated heterocycles. The number of aromatic nitrogens is 4. The maximum Gasteiger partial charge on any atom is 0.416 e. The van der Waals surface area contributed by atoms with Crippen LogP contribution in [0.4, 0.5) is 42.0 Å². The van der Waals surface area contributed by atoms with Gasteiger partial charge in [0.25, 0.3) is 5.91 Å². The molecule has 0 aliphatic rings. The molecule has 3 aromatic heterocycles. The maximum absolute atomic E-state index is 13.1. The van der Waals surface area contributed by atoms with Gasteiger partial charge in [0.1, 0.15) is 23.8 Å². The Morgan fingerprint density at radius 1 is 0.864 bits per heavy atom. The lowest BCUT2D eigenvalue weighted by Crippen LogP contribution is -2.14. The number of anilines is 5. The van der Waals surface area contributed by atoms with E-state index in [0.717, 1.165) is 29.8 Å². The third-order valence-corrected chi connectivity index (χ3v) is 6.53. The quantitative estimate of drug-likeness (QED) is 0.166.